The maximum atomic E-state index is 12.5. The van der Waals surface area contributed by atoms with Crippen LogP contribution in [0.5, 0.6) is 0 Å². The van der Waals surface area contributed by atoms with Crippen LogP contribution in [0.2, 0.25) is 0 Å². The van der Waals surface area contributed by atoms with Gasteiger partial charge in [0.15, 0.2) is 4.32 Å². The van der Waals surface area contributed by atoms with E-state index in [1.54, 1.807) is 4.90 Å². The zero-order valence-electron chi connectivity index (χ0n) is 10.8. The van der Waals surface area contributed by atoms with Gasteiger partial charge in [-0.2, -0.15) is 0 Å². The number of carbonyl (C=O) groups is 1. The first kappa shape index (κ1) is 13.1. The molecule has 2 heterocycles. The predicted octanol–water partition coefficient (Wildman–Crippen LogP) is 3.73. The van der Waals surface area contributed by atoms with E-state index in [1.807, 2.05) is 55.6 Å². The van der Waals surface area contributed by atoms with Gasteiger partial charge in [-0.25, -0.2) is 0 Å². The summed E-state index contributed by atoms with van der Waals surface area (Å²) in [5.74, 6) is -0.0693. The zero-order valence-corrected chi connectivity index (χ0v) is 12.4. The Morgan fingerprint density at radius 2 is 2.15 bits per heavy atom. The predicted molar refractivity (Wildman–Crippen MR) is 87.6 cm³/mol. The van der Waals surface area contributed by atoms with Gasteiger partial charge in [-0.15, -0.1) is 0 Å². The van der Waals surface area contributed by atoms with Gasteiger partial charge in [0, 0.05) is 11.9 Å². The number of aromatic nitrogens is 1. The molecule has 1 aromatic heterocycles. The largest absolute Gasteiger partial charge is 0.362 e. The average molecular weight is 300 g/mol. The lowest BCUT2D eigenvalue weighted by Crippen LogP contribution is -2.27. The van der Waals surface area contributed by atoms with E-state index in [0.29, 0.717) is 9.23 Å². The first-order valence-corrected chi connectivity index (χ1v) is 7.35. The van der Waals surface area contributed by atoms with Crippen molar-refractivity contribution in [3.05, 3.63) is 58.8 Å². The molecule has 1 saturated heterocycles. The van der Waals surface area contributed by atoms with Gasteiger partial charge in [0.1, 0.15) is 0 Å². The smallest absolute Gasteiger partial charge is 0.270 e. The molecule has 1 aliphatic heterocycles. The second-order valence-corrected chi connectivity index (χ2v) is 6.16. The van der Waals surface area contributed by atoms with Crippen LogP contribution in [0.15, 0.2) is 47.5 Å². The van der Waals surface area contributed by atoms with Crippen LogP contribution in [-0.2, 0) is 4.79 Å². The van der Waals surface area contributed by atoms with Crippen LogP contribution in [0.3, 0.4) is 0 Å². The van der Waals surface area contributed by atoms with Crippen molar-refractivity contribution in [1.82, 2.24) is 4.98 Å². The SMILES string of the molecule is Cc1cccc(N2C(=O)C(=Cc3ccc[nH]3)SC2=S)c1. The van der Waals surface area contributed by atoms with Gasteiger partial charge in [0.05, 0.1) is 10.6 Å². The van der Waals surface area contributed by atoms with Crippen molar-refractivity contribution in [2.45, 2.75) is 6.92 Å². The summed E-state index contributed by atoms with van der Waals surface area (Å²) in [4.78, 5) is 17.8. The van der Waals surface area contributed by atoms with Crippen molar-refractivity contribution in [2.75, 3.05) is 4.90 Å². The van der Waals surface area contributed by atoms with Crippen LogP contribution < -0.4 is 4.90 Å². The Hall–Kier alpha value is -1.85. The highest BCUT2D eigenvalue weighted by Gasteiger charge is 2.33. The number of amides is 1. The van der Waals surface area contributed by atoms with Crippen molar-refractivity contribution < 1.29 is 4.79 Å². The maximum Gasteiger partial charge on any atom is 0.270 e. The Kier molecular flexibility index (Phi) is 3.46. The van der Waals surface area contributed by atoms with Gasteiger partial charge in [-0.3, -0.25) is 9.69 Å². The van der Waals surface area contributed by atoms with Crippen molar-refractivity contribution in [1.29, 1.82) is 0 Å². The minimum atomic E-state index is -0.0693. The summed E-state index contributed by atoms with van der Waals surface area (Å²) in [7, 11) is 0. The van der Waals surface area contributed by atoms with Crippen LogP contribution >= 0.6 is 24.0 Å². The molecule has 0 spiro atoms. The second-order valence-electron chi connectivity index (χ2n) is 4.48. The number of thioether (sulfide) groups is 1. The molecule has 0 bridgehead atoms. The van der Waals surface area contributed by atoms with Crippen molar-refractivity contribution in [3.8, 4) is 0 Å². The molecule has 1 N–H and O–H groups in total. The molecule has 5 heteroatoms. The van der Waals surface area contributed by atoms with Gasteiger partial charge < -0.3 is 4.98 Å². The number of hydrogen-bond acceptors (Lipinski definition) is 3. The number of aryl methyl sites for hydroxylation is 1. The van der Waals surface area contributed by atoms with Gasteiger partial charge >= 0.3 is 0 Å². The van der Waals surface area contributed by atoms with E-state index in [1.165, 1.54) is 11.8 Å². The molecule has 0 atom stereocenters. The fourth-order valence-corrected chi connectivity index (χ4v) is 3.32. The monoisotopic (exact) mass is 300 g/mol. The molecular formula is C15H12N2OS2. The standard InChI is InChI=1S/C15H12N2OS2/c1-10-4-2-6-12(8-10)17-14(18)13(20-15(17)19)9-11-5-3-7-16-11/h2-9,16H,1H3. The maximum absolute atomic E-state index is 12.5. The van der Waals surface area contributed by atoms with Crippen LogP contribution in [0.25, 0.3) is 6.08 Å². The third-order valence-corrected chi connectivity index (χ3v) is 4.26. The number of anilines is 1. The van der Waals surface area contributed by atoms with Gasteiger partial charge in [-0.1, -0.05) is 36.1 Å². The number of hydrogen-bond donors (Lipinski definition) is 1. The van der Waals surface area contributed by atoms with Gasteiger partial charge in [0.25, 0.3) is 5.91 Å². The molecule has 3 nitrogen and oxygen atoms in total. The van der Waals surface area contributed by atoms with Crippen LogP contribution in [-0.4, -0.2) is 15.2 Å². The van der Waals surface area contributed by atoms with E-state index in [9.17, 15) is 4.79 Å². The zero-order chi connectivity index (χ0) is 14.1. The minimum Gasteiger partial charge on any atom is -0.362 e. The van der Waals surface area contributed by atoms with Crippen LogP contribution in [0.1, 0.15) is 11.3 Å². The summed E-state index contributed by atoms with van der Waals surface area (Å²) >= 11 is 6.66. The Balaban J connectivity index is 1.95. The number of carbonyl (C=O) groups excluding carboxylic acids is 1. The van der Waals surface area contributed by atoms with E-state index >= 15 is 0 Å². The lowest BCUT2D eigenvalue weighted by molar-refractivity contribution is -0.113. The van der Waals surface area contributed by atoms with Crippen molar-refractivity contribution in [3.63, 3.8) is 0 Å². The molecule has 1 aromatic carbocycles. The third-order valence-electron chi connectivity index (χ3n) is 2.96. The average Bonchev–Trinajstić information content (AvgIpc) is 2.99. The molecular weight excluding hydrogens is 288 g/mol. The molecule has 0 saturated carbocycles. The van der Waals surface area contributed by atoms with Crippen LogP contribution in [0, 0.1) is 6.92 Å². The molecule has 0 radical (unpaired) electrons. The number of aromatic amines is 1. The van der Waals surface area contributed by atoms with Crippen molar-refractivity contribution in [2.24, 2.45) is 0 Å². The first-order chi connectivity index (χ1) is 9.65. The Bertz CT molecular complexity index is 704. The number of nitrogens with one attached hydrogen (secondary N) is 1. The van der Waals surface area contributed by atoms with E-state index in [-0.39, 0.29) is 5.91 Å². The number of rotatable bonds is 2. The van der Waals surface area contributed by atoms with Gasteiger partial charge in [0.2, 0.25) is 0 Å². The fraction of sp³-hybridized carbons (Fsp3) is 0.0667. The third kappa shape index (κ3) is 2.42. The second kappa shape index (κ2) is 5.26. The van der Waals surface area contributed by atoms with Gasteiger partial charge in [-0.05, 0) is 42.8 Å². The Morgan fingerprint density at radius 3 is 2.85 bits per heavy atom. The highest BCUT2D eigenvalue weighted by atomic mass is 32.2. The van der Waals surface area contributed by atoms with E-state index < -0.39 is 0 Å². The van der Waals surface area contributed by atoms with E-state index in [4.69, 9.17) is 12.2 Å². The lowest BCUT2D eigenvalue weighted by Gasteiger charge is -2.14. The molecule has 1 aliphatic rings. The summed E-state index contributed by atoms with van der Waals surface area (Å²) in [6.07, 6.45) is 3.65. The van der Waals surface area contributed by atoms with E-state index in [2.05, 4.69) is 4.98 Å². The fourth-order valence-electron chi connectivity index (χ4n) is 2.03. The summed E-state index contributed by atoms with van der Waals surface area (Å²) < 4.78 is 0.568. The highest BCUT2D eigenvalue weighted by Crippen LogP contribution is 2.35. The molecule has 1 amide bonds. The Labute approximate surface area is 126 Å². The number of thiocarbonyl (C=S) groups is 1. The Morgan fingerprint density at radius 1 is 1.30 bits per heavy atom. The minimum absolute atomic E-state index is 0.0693. The number of H-pyrrole nitrogens is 1. The first-order valence-electron chi connectivity index (χ1n) is 6.13. The molecule has 20 heavy (non-hydrogen) atoms. The molecule has 0 unspecified atom stereocenters. The molecule has 3 rings (SSSR count). The molecule has 100 valence electrons. The quantitative estimate of drug-likeness (QED) is 0.678. The molecule has 0 aliphatic carbocycles. The topological polar surface area (TPSA) is 36.1 Å². The number of nitrogens with zero attached hydrogens (tertiary/aromatic N) is 1. The van der Waals surface area contributed by atoms with Crippen LogP contribution in [0.4, 0.5) is 5.69 Å². The lowest BCUT2D eigenvalue weighted by atomic mass is 10.2. The molecule has 1 fully saturated rings. The summed E-state index contributed by atoms with van der Waals surface area (Å²) in [6, 6.07) is 11.6. The van der Waals surface area contributed by atoms with Crippen molar-refractivity contribution >= 4 is 46.0 Å². The highest BCUT2D eigenvalue weighted by molar-refractivity contribution is 8.27. The summed E-state index contributed by atoms with van der Waals surface area (Å²) in [5.41, 5.74) is 2.82. The van der Waals surface area contributed by atoms with E-state index in [0.717, 1.165) is 16.9 Å². The number of benzene rings is 1. The summed E-state index contributed by atoms with van der Waals surface area (Å²) in [6.45, 7) is 2.00. The summed E-state index contributed by atoms with van der Waals surface area (Å²) in [5, 5.41) is 0. The normalized spacial score (nSPS) is 17.2. The molecule has 2 aromatic rings.